The number of halogens is 3. The number of hydrogen-bond donors (Lipinski definition) is 1. The molecule has 0 saturated heterocycles. The normalized spacial score (nSPS) is 12.1. The fourth-order valence-corrected chi connectivity index (χ4v) is 1.92. The molecule has 114 valence electrons. The van der Waals surface area contributed by atoms with Crippen LogP contribution in [-0.2, 0) is 11.0 Å². The van der Waals surface area contributed by atoms with E-state index in [1.54, 1.807) is 13.8 Å². The van der Waals surface area contributed by atoms with Crippen LogP contribution in [0.1, 0.15) is 19.5 Å². The summed E-state index contributed by atoms with van der Waals surface area (Å²) in [6.07, 6.45) is -2.00. The first-order valence-electron chi connectivity index (χ1n) is 6.10. The van der Waals surface area contributed by atoms with Crippen molar-refractivity contribution in [2.24, 2.45) is 0 Å². The van der Waals surface area contributed by atoms with E-state index in [1.165, 1.54) is 17.3 Å². The summed E-state index contributed by atoms with van der Waals surface area (Å²) >= 11 is 0. The second-order valence-corrected chi connectivity index (χ2v) is 4.72. The van der Waals surface area contributed by atoms with E-state index in [2.05, 4.69) is 10.1 Å². The maximum atomic E-state index is 12.7. The first-order chi connectivity index (χ1) is 9.70. The Labute approximate surface area is 117 Å². The van der Waals surface area contributed by atoms with Crippen LogP contribution in [0.3, 0.4) is 0 Å². The zero-order valence-corrected chi connectivity index (χ0v) is 11.3. The number of aromatic nitrogens is 3. The molecule has 0 fully saturated rings. The van der Waals surface area contributed by atoms with Crippen LogP contribution >= 0.6 is 0 Å². The molecule has 0 amide bonds. The van der Waals surface area contributed by atoms with Crippen LogP contribution in [0.5, 0.6) is 0 Å². The van der Waals surface area contributed by atoms with Crippen LogP contribution < -0.4 is 4.90 Å². The van der Waals surface area contributed by atoms with Gasteiger partial charge in [0, 0.05) is 24.5 Å². The van der Waals surface area contributed by atoms with Crippen LogP contribution in [-0.4, -0.2) is 38.3 Å². The van der Waals surface area contributed by atoms with Crippen LogP contribution in [0.25, 0.3) is 5.52 Å². The Morgan fingerprint density at radius 1 is 1.48 bits per heavy atom. The minimum atomic E-state index is -4.57. The summed E-state index contributed by atoms with van der Waals surface area (Å²) in [6, 6.07) is 0.614. The van der Waals surface area contributed by atoms with Gasteiger partial charge in [-0.15, -0.1) is 0 Å². The van der Waals surface area contributed by atoms with E-state index in [0.29, 0.717) is 0 Å². The molecule has 2 rings (SSSR count). The Balaban J connectivity index is 2.57. The highest BCUT2D eigenvalue weighted by Crippen LogP contribution is 2.31. The number of aliphatic carboxylic acids is 1. The molecule has 21 heavy (non-hydrogen) atoms. The maximum absolute atomic E-state index is 12.7. The van der Waals surface area contributed by atoms with E-state index in [1.807, 2.05) is 0 Å². The average molecular weight is 302 g/mol. The van der Waals surface area contributed by atoms with Gasteiger partial charge in [-0.3, -0.25) is 4.79 Å². The molecule has 0 spiro atoms. The van der Waals surface area contributed by atoms with Crippen molar-refractivity contribution in [2.45, 2.75) is 26.1 Å². The Kier molecular flexibility index (Phi) is 3.75. The zero-order valence-electron chi connectivity index (χ0n) is 11.3. The number of nitrogens with zero attached hydrogens (tertiary/aromatic N) is 4. The van der Waals surface area contributed by atoms with Gasteiger partial charge in [-0.25, -0.2) is 9.50 Å². The van der Waals surface area contributed by atoms with Crippen LogP contribution in [0.2, 0.25) is 0 Å². The molecule has 0 aliphatic carbocycles. The number of anilines is 1. The number of alkyl halides is 3. The lowest BCUT2D eigenvalue weighted by Gasteiger charge is -2.26. The Hall–Kier alpha value is -2.32. The standard InChI is InChI=1S/C12H13F3N4O2/c1-7(2)18(6-10(20)21)11-8-5-9(12(13,14)15)17-19(8)4-3-16-11/h3-5,7H,6H2,1-2H3,(H,20,21). The fraction of sp³-hybridized carbons (Fsp3) is 0.417. The highest BCUT2D eigenvalue weighted by Gasteiger charge is 2.35. The van der Waals surface area contributed by atoms with Gasteiger partial charge in [0.1, 0.15) is 12.1 Å². The van der Waals surface area contributed by atoms with Gasteiger partial charge in [-0.2, -0.15) is 18.3 Å². The molecule has 0 radical (unpaired) electrons. The maximum Gasteiger partial charge on any atom is 0.435 e. The Morgan fingerprint density at radius 2 is 2.14 bits per heavy atom. The summed E-state index contributed by atoms with van der Waals surface area (Å²) in [7, 11) is 0. The summed E-state index contributed by atoms with van der Waals surface area (Å²) < 4.78 is 39.2. The molecule has 1 N–H and O–H groups in total. The molecule has 0 saturated carbocycles. The average Bonchev–Trinajstić information content (AvgIpc) is 2.79. The van der Waals surface area contributed by atoms with Gasteiger partial charge in [0.25, 0.3) is 0 Å². The highest BCUT2D eigenvalue weighted by atomic mass is 19.4. The Bertz CT molecular complexity index is 666. The van der Waals surface area contributed by atoms with Crippen molar-refractivity contribution in [3.8, 4) is 0 Å². The minimum absolute atomic E-state index is 0.111. The van der Waals surface area contributed by atoms with Crippen molar-refractivity contribution in [3.05, 3.63) is 24.2 Å². The Morgan fingerprint density at radius 3 is 2.67 bits per heavy atom. The summed E-state index contributed by atoms with van der Waals surface area (Å²) in [5.41, 5.74) is -0.935. The number of hydrogen-bond acceptors (Lipinski definition) is 4. The smallest absolute Gasteiger partial charge is 0.435 e. The quantitative estimate of drug-likeness (QED) is 0.936. The van der Waals surface area contributed by atoms with Gasteiger partial charge in [-0.1, -0.05) is 0 Å². The lowest BCUT2D eigenvalue weighted by Crippen LogP contribution is -2.36. The number of carbonyl (C=O) groups is 1. The number of rotatable bonds is 4. The lowest BCUT2D eigenvalue weighted by molar-refractivity contribution is -0.141. The van der Waals surface area contributed by atoms with Crippen molar-refractivity contribution < 1.29 is 23.1 Å². The molecule has 2 aromatic rings. The van der Waals surface area contributed by atoms with Gasteiger partial charge in [0.05, 0.1) is 0 Å². The largest absolute Gasteiger partial charge is 0.480 e. The zero-order chi connectivity index (χ0) is 15.8. The van der Waals surface area contributed by atoms with Crippen LogP contribution in [0.15, 0.2) is 18.5 Å². The van der Waals surface area contributed by atoms with Gasteiger partial charge in [0.2, 0.25) is 0 Å². The van der Waals surface area contributed by atoms with Crippen LogP contribution in [0.4, 0.5) is 19.0 Å². The second-order valence-electron chi connectivity index (χ2n) is 4.72. The summed E-state index contributed by atoms with van der Waals surface area (Å²) in [5.74, 6) is -0.944. The first-order valence-corrected chi connectivity index (χ1v) is 6.10. The molecule has 0 aliphatic heterocycles. The van der Waals surface area contributed by atoms with E-state index in [9.17, 15) is 18.0 Å². The molecule has 0 aromatic carbocycles. The van der Waals surface area contributed by atoms with Crippen molar-refractivity contribution in [2.75, 3.05) is 11.4 Å². The van der Waals surface area contributed by atoms with E-state index in [0.717, 1.165) is 10.6 Å². The van der Waals surface area contributed by atoms with E-state index in [4.69, 9.17) is 5.11 Å². The molecule has 0 unspecified atom stereocenters. The third-order valence-corrected chi connectivity index (χ3v) is 2.86. The molecule has 0 aliphatic rings. The molecule has 0 atom stereocenters. The second kappa shape index (κ2) is 5.23. The predicted octanol–water partition coefficient (Wildman–Crippen LogP) is 2.05. The van der Waals surface area contributed by atoms with Gasteiger partial charge < -0.3 is 10.0 Å². The topological polar surface area (TPSA) is 70.7 Å². The van der Waals surface area contributed by atoms with Gasteiger partial charge in [0.15, 0.2) is 11.5 Å². The number of carboxylic acid groups (broad SMARTS) is 1. The predicted molar refractivity (Wildman–Crippen MR) is 68.1 cm³/mol. The third kappa shape index (κ3) is 3.06. The van der Waals surface area contributed by atoms with Crippen molar-refractivity contribution in [1.29, 1.82) is 0 Å². The lowest BCUT2D eigenvalue weighted by atomic mass is 10.3. The monoisotopic (exact) mass is 302 g/mol. The van der Waals surface area contributed by atoms with Gasteiger partial charge in [-0.05, 0) is 13.8 Å². The third-order valence-electron chi connectivity index (χ3n) is 2.86. The number of fused-ring (bicyclic) bond motifs is 1. The SMILES string of the molecule is CC(C)N(CC(=O)O)c1nccn2nc(C(F)(F)F)cc12. The van der Waals surface area contributed by atoms with E-state index >= 15 is 0 Å². The summed E-state index contributed by atoms with van der Waals surface area (Å²) in [4.78, 5) is 16.3. The summed E-state index contributed by atoms with van der Waals surface area (Å²) in [6.45, 7) is 3.10. The van der Waals surface area contributed by atoms with E-state index < -0.39 is 17.8 Å². The number of carboxylic acids is 1. The molecule has 9 heteroatoms. The molecular weight excluding hydrogens is 289 g/mol. The molecule has 0 bridgehead atoms. The molecular formula is C12H13F3N4O2. The minimum Gasteiger partial charge on any atom is -0.480 e. The molecule has 2 aromatic heterocycles. The molecule has 2 heterocycles. The van der Waals surface area contributed by atoms with Crippen molar-refractivity contribution >= 4 is 17.3 Å². The first kappa shape index (κ1) is 15.1. The van der Waals surface area contributed by atoms with E-state index in [-0.39, 0.29) is 23.9 Å². The fourth-order valence-electron chi connectivity index (χ4n) is 1.92. The van der Waals surface area contributed by atoms with Crippen LogP contribution in [0, 0.1) is 0 Å². The highest BCUT2D eigenvalue weighted by molar-refractivity contribution is 5.78. The van der Waals surface area contributed by atoms with Gasteiger partial charge >= 0.3 is 12.1 Å². The van der Waals surface area contributed by atoms with Crippen molar-refractivity contribution in [3.63, 3.8) is 0 Å². The van der Waals surface area contributed by atoms with Crippen molar-refractivity contribution in [1.82, 2.24) is 14.6 Å². The summed E-state index contributed by atoms with van der Waals surface area (Å²) in [5, 5.41) is 12.4. The molecule has 6 nitrogen and oxygen atoms in total.